The van der Waals surface area contributed by atoms with E-state index >= 15 is 0 Å². The van der Waals surface area contributed by atoms with E-state index in [0.29, 0.717) is 5.95 Å². The second kappa shape index (κ2) is 4.18. The first kappa shape index (κ1) is 9.79. The second-order valence-electron chi connectivity index (χ2n) is 3.28. The minimum absolute atomic E-state index is 0.657. The Hall–Kier alpha value is -1.75. The summed E-state index contributed by atoms with van der Waals surface area (Å²) < 4.78 is 1.79. The van der Waals surface area contributed by atoms with E-state index in [4.69, 9.17) is 0 Å². The van der Waals surface area contributed by atoms with Crippen LogP contribution in [0.4, 0.5) is 0 Å². The molecule has 0 bridgehead atoms. The van der Waals surface area contributed by atoms with Crippen molar-refractivity contribution in [3.05, 3.63) is 36.2 Å². The first-order valence-corrected chi connectivity index (χ1v) is 4.76. The van der Waals surface area contributed by atoms with Gasteiger partial charge in [0.1, 0.15) is 6.33 Å². The van der Waals surface area contributed by atoms with E-state index in [1.807, 2.05) is 26.4 Å². The Bertz CT molecular complexity index is 435. The third kappa shape index (κ3) is 2.02. The van der Waals surface area contributed by atoms with Gasteiger partial charge in [-0.1, -0.05) is 0 Å². The number of nitrogens with zero attached hydrogens (tertiary/aromatic N) is 4. The third-order valence-electron chi connectivity index (χ3n) is 2.17. The molecule has 1 N–H and O–H groups in total. The van der Waals surface area contributed by atoms with Gasteiger partial charge in [-0.25, -0.2) is 15.0 Å². The van der Waals surface area contributed by atoms with Gasteiger partial charge in [-0.2, -0.15) is 0 Å². The van der Waals surface area contributed by atoms with Crippen LogP contribution in [0.1, 0.15) is 11.3 Å². The molecule has 0 spiro atoms. The van der Waals surface area contributed by atoms with Gasteiger partial charge >= 0.3 is 0 Å². The van der Waals surface area contributed by atoms with Gasteiger partial charge in [0.2, 0.25) is 5.95 Å². The van der Waals surface area contributed by atoms with Crippen molar-refractivity contribution in [2.75, 3.05) is 7.05 Å². The van der Waals surface area contributed by atoms with Gasteiger partial charge in [-0.3, -0.25) is 4.57 Å². The Labute approximate surface area is 88.2 Å². The van der Waals surface area contributed by atoms with Crippen molar-refractivity contribution in [1.82, 2.24) is 24.8 Å². The molecule has 78 valence electrons. The van der Waals surface area contributed by atoms with E-state index in [2.05, 4.69) is 20.3 Å². The number of nitrogens with one attached hydrogen (secondary N) is 1. The standard InChI is InChI=1S/C10H13N5/c1-8-9(5-11-2)6-13-10(14-8)15-4-3-12-7-15/h3-4,6-7,11H,5H2,1-2H3. The Morgan fingerprint density at radius 1 is 1.47 bits per heavy atom. The molecule has 0 fully saturated rings. The molecule has 2 heterocycles. The maximum absolute atomic E-state index is 4.41. The molecule has 5 heteroatoms. The fourth-order valence-corrected chi connectivity index (χ4v) is 1.35. The first-order chi connectivity index (χ1) is 7.31. The highest BCUT2D eigenvalue weighted by atomic mass is 15.2. The molecule has 15 heavy (non-hydrogen) atoms. The lowest BCUT2D eigenvalue weighted by Crippen LogP contribution is -2.10. The van der Waals surface area contributed by atoms with Crippen molar-refractivity contribution < 1.29 is 0 Å². The van der Waals surface area contributed by atoms with Crippen LogP contribution in [-0.2, 0) is 6.54 Å². The lowest BCUT2D eigenvalue weighted by Gasteiger charge is -2.06. The van der Waals surface area contributed by atoms with Crippen LogP contribution in [0.2, 0.25) is 0 Å². The maximum atomic E-state index is 4.41. The molecule has 0 aromatic carbocycles. The Morgan fingerprint density at radius 3 is 2.93 bits per heavy atom. The zero-order valence-corrected chi connectivity index (χ0v) is 8.81. The van der Waals surface area contributed by atoms with Gasteiger partial charge in [-0.15, -0.1) is 0 Å². The summed E-state index contributed by atoms with van der Waals surface area (Å²) >= 11 is 0. The summed E-state index contributed by atoms with van der Waals surface area (Å²) in [6.07, 6.45) is 7.06. The fraction of sp³-hybridized carbons (Fsp3) is 0.300. The van der Waals surface area contributed by atoms with E-state index in [0.717, 1.165) is 17.8 Å². The molecule has 0 atom stereocenters. The van der Waals surface area contributed by atoms with E-state index < -0.39 is 0 Å². The Morgan fingerprint density at radius 2 is 2.33 bits per heavy atom. The Balaban J connectivity index is 2.33. The zero-order chi connectivity index (χ0) is 10.7. The number of hydrogen-bond donors (Lipinski definition) is 1. The lowest BCUT2D eigenvalue weighted by molar-refractivity contribution is 0.786. The predicted octanol–water partition coefficient (Wildman–Crippen LogP) is 0.690. The van der Waals surface area contributed by atoms with Gasteiger partial charge in [-0.05, 0) is 14.0 Å². The summed E-state index contributed by atoms with van der Waals surface area (Å²) in [6.45, 7) is 2.77. The summed E-state index contributed by atoms with van der Waals surface area (Å²) in [5, 5.41) is 3.08. The SMILES string of the molecule is CNCc1cnc(-n2ccnc2)nc1C. The molecule has 2 aromatic heterocycles. The molecular formula is C10H13N5. The minimum Gasteiger partial charge on any atom is -0.316 e. The number of hydrogen-bond acceptors (Lipinski definition) is 4. The molecule has 0 aliphatic carbocycles. The van der Waals surface area contributed by atoms with Crippen molar-refractivity contribution in [1.29, 1.82) is 0 Å². The molecule has 5 nitrogen and oxygen atoms in total. The summed E-state index contributed by atoms with van der Waals surface area (Å²) in [5.41, 5.74) is 2.10. The highest BCUT2D eigenvalue weighted by Gasteiger charge is 2.03. The average molecular weight is 203 g/mol. The normalized spacial score (nSPS) is 10.5. The molecule has 2 aromatic rings. The molecule has 0 saturated heterocycles. The molecule has 0 radical (unpaired) electrons. The number of aromatic nitrogens is 4. The van der Waals surface area contributed by atoms with Gasteiger partial charge in [0.15, 0.2) is 0 Å². The average Bonchev–Trinajstić information content (AvgIpc) is 2.74. The van der Waals surface area contributed by atoms with E-state index in [1.54, 1.807) is 17.1 Å². The van der Waals surface area contributed by atoms with Crippen molar-refractivity contribution in [2.24, 2.45) is 0 Å². The quantitative estimate of drug-likeness (QED) is 0.797. The molecule has 0 amide bonds. The lowest BCUT2D eigenvalue weighted by atomic mass is 10.2. The summed E-state index contributed by atoms with van der Waals surface area (Å²) in [7, 11) is 1.91. The maximum Gasteiger partial charge on any atom is 0.235 e. The van der Waals surface area contributed by atoms with Crippen LogP contribution in [0.25, 0.3) is 5.95 Å². The molecular weight excluding hydrogens is 190 g/mol. The van der Waals surface area contributed by atoms with Gasteiger partial charge < -0.3 is 5.32 Å². The van der Waals surface area contributed by atoms with Crippen LogP contribution in [-0.4, -0.2) is 26.6 Å². The fourth-order valence-electron chi connectivity index (χ4n) is 1.35. The van der Waals surface area contributed by atoms with Crippen LogP contribution >= 0.6 is 0 Å². The van der Waals surface area contributed by atoms with Gasteiger partial charge in [0.25, 0.3) is 0 Å². The smallest absolute Gasteiger partial charge is 0.235 e. The molecule has 0 unspecified atom stereocenters. The minimum atomic E-state index is 0.657. The second-order valence-corrected chi connectivity index (χ2v) is 3.28. The summed E-state index contributed by atoms with van der Waals surface area (Å²) in [6, 6.07) is 0. The first-order valence-electron chi connectivity index (χ1n) is 4.76. The highest BCUT2D eigenvalue weighted by molar-refractivity contribution is 5.21. The molecule has 0 aliphatic heterocycles. The summed E-state index contributed by atoms with van der Waals surface area (Å²) in [5.74, 6) is 0.657. The van der Waals surface area contributed by atoms with E-state index in [9.17, 15) is 0 Å². The van der Waals surface area contributed by atoms with Crippen molar-refractivity contribution in [2.45, 2.75) is 13.5 Å². The van der Waals surface area contributed by atoms with Crippen LogP contribution in [0.3, 0.4) is 0 Å². The van der Waals surface area contributed by atoms with E-state index in [-0.39, 0.29) is 0 Å². The van der Waals surface area contributed by atoms with Crippen LogP contribution in [0.15, 0.2) is 24.9 Å². The summed E-state index contributed by atoms with van der Waals surface area (Å²) in [4.78, 5) is 12.6. The van der Waals surface area contributed by atoms with Crippen LogP contribution < -0.4 is 5.32 Å². The van der Waals surface area contributed by atoms with Gasteiger partial charge in [0, 0.05) is 36.4 Å². The van der Waals surface area contributed by atoms with E-state index in [1.165, 1.54) is 0 Å². The molecule has 0 saturated carbocycles. The van der Waals surface area contributed by atoms with Crippen molar-refractivity contribution in [3.8, 4) is 5.95 Å². The zero-order valence-electron chi connectivity index (χ0n) is 8.81. The highest BCUT2D eigenvalue weighted by Crippen LogP contribution is 2.06. The third-order valence-corrected chi connectivity index (χ3v) is 2.17. The molecule has 2 rings (SSSR count). The number of imidazole rings is 1. The molecule has 0 aliphatic rings. The number of aryl methyl sites for hydroxylation is 1. The van der Waals surface area contributed by atoms with Crippen LogP contribution in [0, 0.1) is 6.92 Å². The topological polar surface area (TPSA) is 55.6 Å². The monoisotopic (exact) mass is 203 g/mol. The largest absolute Gasteiger partial charge is 0.316 e. The van der Waals surface area contributed by atoms with Gasteiger partial charge in [0.05, 0.1) is 0 Å². The van der Waals surface area contributed by atoms with Crippen LogP contribution in [0.5, 0.6) is 0 Å². The van der Waals surface area contributed by atoms with Crippen molar-refractivity contribution >= 4 is 0 Å². The van der Waals surface area contributed by atoms with Crippen molar-refractivity contribution in [3.63, 3.8) is 0 Å². The predicted molar refractivity (Wildman–Crippen MR) is 56.7 cm³/mol. The Kier molecular flexibility index (Phi) is 2.73. The number of rotatable bonds is 3.